The van der Waals surface area contributed by atoms with Gasteiger partial charge < -0.3 is 15.2 Å². The van der Waals surface area contributed by atoms with Gasteiger partial charge in [0.15, 0.2) is 0 Å². The van der Waals surface area contributed by atoms with Gasteiger partial charge in [-0.3, -0.25) is 0 Å². The zero-order valence-corrected chi connectivity index (χ0v) is 17.9. The molecule has 0 amide bonds. The molecule has 0 saturated carbocycles. The van der Waals surface area contributed by atoms with E-state index in [0.29, 0.717) is 12.6 Å². The summed E-state index contributed by atoms with van der Waals surface area (Å²) in [5.41, 5.74) is 0.151. The molecule has 0 fully saturated rings. The van der Waals surface area contributed by atoms with Crippen molar-refractivity contribution in [2.24, 2.45) is 0 Å². The highest BCUT2D eigenvalue weighted by molar-refractivity contribution is 4.85. The molecule has 0 aromatic heterocycles. The van der Waals surface area contributed by atoms with E-state index in [0.717, 1.165) is 12.8 Å². The Kier molecular flexibility index (Phi) is 16.0. The standard InChI is InChI=1S/C22H47NO2/c1-6-8-9-10-11-12-13-14-15-17-22(4,5)23-21(16-7-2)20(3)25-19-18-24/h20-21,23-24H,6-19H2,1-5H3/t20-,21?/m0/s1. The SMILES string of the molecule is CCCCCCCCCCCC(C)(C)NC(CCC)[C@H](C)OCCO. The van der Waals surface area contributed by atoms with E-state index in [2.05, 4.69) is 39.9 Å². The van der Waals surface area contributed by atoms with Crippen LogP contribution in [0.4, 0.5) is 0 Å². The Morgan fingerprint density at radius 3 is 1.96 bits per heavy atom. The molecule has 152 valence electrons. The van der Waals surface area contributed by atoms with Gasteiger partial charge in [0.2, 0.25) is 0 Å². The maximum Gasteiger partial charge on any atom is 0.0702 e. The Morgan fingerprint density at radius 1 is 0.880 bits per heavy atom. The number of hydrogen-bond donors (Lipinski definition) is 2. The van der Waals surface area contributed by atoms with Crippen molar-refractivity contribution in [1.82, 2.24) is 5.32 Å². The molecule has 0 spiro atoms. The summed E-state index contributed by atoms with van der Waals surface area (Å²) < 4.78 is 5.74. The molecule has 0 bridgehead atoms. The van der Waals surface area contributed by atoms with Gasteiger partial charge in [0.1, 0.15) is 0 Å². The van der Waals surface area contributed by atoms with Gasteiger partial charge in [-0.15, -0.1) is 0 Å². The van der Waals surface area contributed by atoms with Crippen molar-refractivity contribution in [3.05, 3.63) is 0 Å². The molecule has 3 nitrogen and oxygen atoms in total. The van der Waals surface area contributed by atoms with Crippen molar-refractivity contribution < 1.29 is 9.84 Å². The number of ether oxygens (including phenoxy) is 1. The maximum absolute atomic E-state index is 8.96. The fourth-order valence-electron chi connectivity index (χ4n) is 3.54. The summed E-state index contributed by atoms with van der Waals surface area (Å²) >= 11 is 0. The van der Waals surface area contributed by atoms with E-state index in [4.69, 9.17) is 9.84 Å². The molecule has 0 aromatic rings. The first-order chi connectivity index (χ1) is 12.0. The van der Waals surface area contributed by atoms with Crippen LogP contribution in [0.2, 0.25) is 0 Å². The largest absolute Gasteiger partial charge is 0.394 e. The van der Waals surface area contributed by atoms with E-state index < -0.39 is 0 Å². The minimum atomic E-state index is 0.102. The summed E-state index contributed by atoms with van der Waals surface area (Å²) in [6, 6.07) is 0.366. The molecule has 0 rings (SSSR count). The number of rotatable bonds is 18. The molecule has 2 atom stereocenters. The first-order valence-corrected chi connectivity index (χ1v) is 11.0. The summed E-state index contributed by atoms with van der Waals surface area (Å²) in [5.74, 6) is 0. The third-order valence-corrected chi connectivity index (χ3v) is 5.12. The predicted octanol–water partition coefficient (Wildman–Crippen LogP) is 5.84. The topological polar surface area (TPSA) is 41.5 Å². The predicted molar refractivity (Wildman–Crippen MR) is 110 cm³/mol. The smallest absolute Gasteiger partial charge is 0.0702 e. The molecule has 0 aliphatic rings. The zero-order valence-electron chi connectivity index (χ0n) is 17.9. The van der Waals surface area contributed by atoms with Gasteiger partial charge in [-0.2, -0.15) is 0 Å². The summed E-state index contributed by atoms with van der Waals surface area (Å²) in [6.45, 7) is 11.8. The molecular formula is C22H47NO2. The summed E-state index contributed by atoms with van der Waals surface area (Å²) in [7, 11) is 0. The molecular weight excluding hydrogens is 310 g/mol. The van der Waals surface area contributed by atoms with Gasteiger partial charge in [0.05, 0.1) is 19.3 Å². The first-order valence-electron chi connectivity index (χ1n) is 11.0. The summed E-state index contributed by atoms with van der Waals surface area (Å²) in [6.07, 6.45) is 16.1. The molecule has 25 heavy (non-hydrogen) atoms. The van der Waals surface area contributed by atoms with Gasteiger partial charge in [-0.1, -0.05) is 78.1 Å². The highest BCUT2D eigenvalue weighted by Gasteiger charge is 2.25. The van der Waals surface area contributed by atoms with Crippen molar-refractivity contribution >= 4 is 0 Å². The minimum absolute atomic E-state index is 0.102. The van der Waals surface area contributed by atoms with Gasteiger partial charge in [-0.05, 0) is 33.6 Å². The fourth-order valence-corrected chi connectivity index (χ4v) is 3.54. The van der Waals surface area contributed by atoms with E-state index in [1.807, 2.05) is 0 Å². The van der Waals surface area contributed by atoms with Crippen LogP contribution in [0.1, 0.15) is 112 Å². The van der Waals surface area contributed by atoms with Crippen LogP contribution >= 0.6 is 0 Å². The van der Waals surface area contributed by atoms with Crippen molar-refractivity contribution in [3.8, 4) is 0 Å². The minimum Gasteiger partial charge on any atom is -0.394 e. The number of hydrogen-bond acceptors (Lipinski definition) is 3. The summed E-state index contributed by atoms with van der Waals surface area (Å²) in [4.78, 5) is 0. The van der Waals surface area contributed by atoms with Crippen molar-refractivity contribution in [3.63, 3.8) is 0 Å². The number of aliphatic hydroxyl groups is 1. The number of unbranched alkanes of at least 4 members (excludes halogenated alkanes) is 8. The second-order valence-corrected chi connectivity index (χ2v) is 8.30. The molecule has 3 heteroatoms. The van der Waals surface area contributed by atoms with E-state index in [1.165, 1.54) is 64.2 Å². The van der Waals surface area contributed by atoms with Crippen molar-refractivity contribution in [1.29, 1.82) is 0 Å². The van der Waals surface area contributed by atoms with Crippen LogP contribution in [0.15, 0.2) is 0 Å². The molecule has 1 unspecified atom stereocenters. The van der Waals surface area contributed by atoms with E-state index in [9.17, 15) is 0 Å². The monoisotopic (exact) mass is 357 g/mol. The Hall–Kier alpha value is -0.120. The number of aliphatic hydroxyl groups excluding tert-OH is 1. The lowest BCUT2D eigenvalue weighted by Crippen LogP contribution is -2.51. The Morgan fingerprint density at radius 2 is 1.44 bits per heavy atom. The molecule has 0 heterocycles. The van der Waals surface area contributed by atoms with Crippen LogP contribution in [0, 0.1) is 0 Å². The Balaban J connectivity index is 3.94. The van der Waals surface area contributed by atoms with Crippen molar-refractivity contribution in [2.45, 2.75) is 129 Å². The van der Waals surface area contributed by atoms with Crippen LogP contribution in [0.5, 0.6) is 0 Å². The van der Waals surface area contributed by atoms with Crippen molar-refractivity contribution in [2.75, 3.05) is 13.2 Å². The highest BCUT2D eigenvalue weighted by Crippen LogP contribution is 2.19. The molecule has 0 radical (unpaired) electrons. The molecule has 0 aromatic carbocycles. The van der Waals surface area contributed by atoms with Crippen LogP contribution < -0.4 is 5.32 Å². The van der Waals surface area contributed by atoms with Crippen LogP contribution in [-0.2, 0) is 4.74 Å². The number of nitrogens with one attached hydrogen (secondary N) is 1. The van der Waals surface area contributed by atoms with Gasteiger partial charge >= 0.3 is 0 Å². The third kappa shape index (κ3) is 14.7. The van der Waals surface area contributed by atoms with Crippen LogP contribution in [0.25, 0.3) is 0 Å². The van der Waals surface area contributed by atoms with Gasteiger partial charge in [0.25, 0.3) is 0 Å². The quantitative estimate of drug-likeness (QED) is 0.303. The van der Waals surface area contributed by atoms with E-state index >= 15 is 0 Å². The second-order valence-electron chi connectivity index (χ2n) is 8.30. The van der Waals surface area contributed by atoms with E-state index in [1.54, 1.807) is 0 Å². The lowest BCUT2D eigenvalue weighted by atomic mass is 9.93. The normalized spacial score (nSPS) is 14.6. The Bertz CT molecular complexity index is 281. The van der Waals surface area contributed by atoms with Crippen LogP contribution in [0.3, 0.4) is 0 Å². The highest BCUT2D eigenvalue weighted by atomic mass is 16.5. The molecule has 0 aliphatic heterocycles. The molecule has 0 aliphatic carbocycles. The summed E-state index contributed by atoms with van der Waals surface area (Å²) in [5, 5.41) is 12.8. The molecule has 0 saturated heterocycles. The average Bonchev–Trinajstić information content (AvgIpc) is 2.57. The second kappa shape index (κ2) is 16.1. The maximum atomic E-state index is 8.96. The van der Waals surface area contributed by atoms with Crippen LogP contribution in [-0.4, -0.2) is 36.0 Å². The van der Waals surface area contributed by atoms with Gasteiger partial charge in [-0.25, -0.2) is 0 Å². The molecule has 2 N–H and O–H groups in total. The average molecular weight is 358 g/mol. The lowest BCUT2D eigenvalue weighted by Gasteiger charge is -2.35. The lowest BCUT2D eigenvalue weighted by molar-refractivity contribution is 0.00901. The first kappa shape index (κ1) is 24.9. The van der Waals surface area contributed by atoms with Gasteiger partial charge in [0, 0.05) is 11.6 Å². The van der Waals surface area contributed by atoms with E-state index in [-0.39, 0.29) is 18.2 Å². The zero-order chi connectivity index (χ0) is 19.0. The fraction of sp³-hybridized carbons (Fsp3) is 1.00. The third-order valence-electron chi connectivity index (χ3n) is 5.12. The Labute approximate surface area is 158 Å².